The van der Waals surface area contributed by atoms with Gasteiger partial charge in [-0.3, -0.25) is 14.6 Å². The summed E-state index contributed by atoms with van der Waals surface area (Å²) in [6.45, 7) is 7.05. The lowest BCUT2D eigenvalue weighted by molar-refractivity contribution is -0.123. The fourth-order valence-corrected chi connectivity index (χ4v) is 7.83. The molecule has 0 atom stereocenters. The van der Waals surface area contributed by atoms with Gasteiger partial charge in [0.2, 0.25) is 15.9 Å². The smallest absolute Gasteiger partial charge is 0.243 e. The van der Waals surface area contributed by atoms with Gasteiger partial charge in [0.15, 0.2) is 5.13 Å². The summed E-state index contributed by atoms with van der Waals surface area (Å²) in [4.78, 5) is 23.0. The Labute approximate surface area is 238 Å². The fourth-order valence-electron chi connectivity index (χ4n) is 5.28. The second-order valence-corrected chi connectivity index (χ2v) is 13.1. The lowest BCUT2D eigenvalue weighted by atomic mass is 9.96. The highest BCUT2D eigenvalue weighted by Gasteiger charge is 2.35. The van der Waals surface area contributed by atoms with E-state index in [-0.39, 0.29) is 29.8 Å². The molecule has 2 aliphatic rings. The lowest BCUT2D eigenvalue weighted by Gasteiger charge is -2.33. The summed E-state index contributed by atoms with van der Waals surface area (Å²) in [5, 5.41) is 0.635. The number of carbonyl (C=O) groups excluding carboxylic acids is 1. The Hall–Kier alpha value is -2.64. The first-order valence-electron chi connectivity index (χ1n) is 13.6. The van der Waals surface area contributed by atoms with Crippen molar-refractivity contribution in [2.24, 2.45) is 5.92 Å². The molecule has 2 saturated heterocycles. The zero-order valence-corrected chi connectivity index (χ0v) is 24.5. The van der Waals surface area contributed by atoms with E-state index in [2.05, 4.69) is 4.90 Å². The van der Waals surface area contributed by atoms with Crippen LogP contribution in [-0.4, -0.2) is 88.1 Å². The number of amides is 1. The number of rotatable bonds is 9. The van der Waals surface area contributed by atoms with Gasteiger partial charge in [-0.15, -0.1) is 0 Å². The molecule has 216 valence electrons. The number of aryl methyl sites for hydroxylation is 1. The minimum absolute atomic E-state index is 0.0310. The maximum absolute atomic E-state index is 14.0. The molecular weight excluding hydrogens is 555 g/mol. The lowest BCUT2D eigenvalue weighted by Crippen LogP contribution is -2.45. The number of hydrogen-bond acceptors (Lipinski definition) is 8. The van der Waals surface area contributed by atoms with Crippen LogP contribution in [0.2, 0.25) is 0 Å². The van der Waals surface area contributed by atoms with Gasteiger partial charge in [0.1, 0.15) is 17.1 Å². The molecule has 0 radical (unpaired) electrons. The Morgan fingerprint density at radius 3 is 2.50 bits per heavy atom. The highest BCUT2D eigenvalue weighted by atomic mass is 32.2. The number of thiazole rings is 1. The SMILES string of the molecule is COc1ccc(C)c2sc(N(CCCN3CCOCC3)C(=O)C3CCN(S(=O)(=O)c4ccc(F)cc4)CC3)nc12. The predicted molar refractivity (Wildman–Crippen MR) is 153 cm³/mol. The average molecular weight is 591 g/mol. The quantitative estimate of drug-likeness (QED) is 0.373. The van der Waals surface area contributed by atoms with Crippen molar-refractivity contribution < 1.29 is 27.1 Å². The molecule has 2 aromatic carbocycles. The molecule has 0 spiro atoms. The first-order valence-corrected chi connectivity index (χ1v) is 15.8. The second-order valence-electron chi connectivity index (χ2n) is 10.2. The Bertz CT molecular complexity index is 1430. The van der Waals surface area contributed by atoms with Crippen molar-refractivity contribution in [1.82, 2.24) is 14.2 Å². The van der Waals surface area contributed by atoms with Crippen molar-refractivity contribution in [3.05, 3.63) is 47.8 Å². The number of piperidine rings is 1. The fraction of sp³-hybridized carbons (Fsp3) is 0.500. The Balaban J connectivity index is 1.33. The summed E-state index contributed by atoms with van der Waals surface area (Å²) in [7, 11) is -2.14. The van der Waals surface area contributed by atoms with Crippen molar-refractivity contribution >= 4 is 42.6 Å². The Morgan fingerprint density at radius 1 is 1.12 bits per heavy atom. The molecule has 0 saturated carbocycles. The monoisotopic (exact) mass is 590 g/mol. The first-order chi connectivity index (χ1) is 19.3. The number of halogens is 1. The number of carbonyl (C=O) groups is 1. The largest absolute Gasteiger partial charge is 0.494 e. The zero-order chi connectivity index (χ0) is 28.3. The van der Waals surface area contributed by atoms with Crippen molar-refractivity contribution in [2.75, 3.05) is 64.5 Å². The Kier molecular flexibility index (Phi) is 9.01. The van der Waals surface area contributed by atoms with E-state index in [4.69, 9.17) is 14.5 Å². The molecule has 1 amide bonds. The minimum Gasteiger partial charge on any atom is -0.494 e. The molecule has 3 aromatic rings. The third-order valence-electron chi connectivity index (χ3n) is 7.62. The van der Waals surface area contributed by atoms with E-state index < -0.39 is 15.8 Å². The molecular formula is C28H35FN4O5S2. The number of benzene rings is 2. The number of anilines is 1. The van der Waals surface area contributed by atoms with E-state index in [0.29, 0.717) is 30.3 Å². The van der Waals surface area contributed by atoms with Crippen LogP contribution < -0.4 is 9.64 Å². The molecule has 2 aliphatic heterocycles. The third-order valence-corrected chi connectivity index (χ3v) is 10.7. The number of aromatic nitrogens is 1. The maximum Gasteiger partial charge on any atom is 0.243 e. The molecule has 2 fully saturated rings. The van der Waals surface area contributed by atoms with Gasteiger partial charge < -0.3 is 9.47 Å². The summed E-state index contributed by atoms with van der Waals surface area (Å²) in [6, 6.07) is 8.73. The molecule has 3 heterocycles. The Morgan fingerprint density at radius 2 is 1.82 bits per heavy atom. The molecule has 0 aliphatic carbocycles. The van der Waals surface area contributed by atoms with Gasteiger partial charge in [0, 0.05) is 45.2 Å². The van der Waals surface area contributed by atoms with Crippen molar-refractivity contribution in [1.29, 1.82) is 0 Å². The standard InChI is InChI=1S/C28H35FN4O5S2/c1-20-4-9-24(37-2)25-26(20)39-28(30-25)33(13-3-12-31-16-18-38-19-17-31)27(34)21-10-14-32(15-11-21)40(35,36)23-7-5-22(29)6-8-23/h4-9,21H,3,10-19H2,1-2H3. The number of ether oxygens (including phenoxy) is 2. The molecule has 12 heteroatoms. The molecule has 0 N–H and O–H groups in total. The highest BCUT2D eigenvalue weighted by Crippen LogP contribution is 2.37. The summed E-state index contributed by atoms with van der Waals surface area (Å²) in [6.07, 6.45) is 1.61. The summed E-state index contributed by atoms with van der Waals surface area (Å²) >= 11 is 1.49. The van der Waals surface area contributed by atoms with E-state index in [1.807, 2.05) is 19.1 Å². The summed E-state index contributed by atoms with van der Waals surface area (Å²) in [5.41, 5.74) is 1.81. The van der Waals surface area contributed by atoms with Gasteiger partial charge in [0.25, 0.3) is 0 Å². The van der Waals surface area contributed by atoms with Crippen LogP contribution in [0.25, 0.3) is 10.2 Å². The van der Waals surface area contributed by atoms with Crippen LogP contribution in [0.5, 0.6) is 5.75 Å². The van der Waals surface area contributed by atoms with Crippen molar-refractivity contribution in [3.63, 3.8) is 0 Å². The topological polar surface area (TPSA) is 92.3 Å². The van der Waals surface area contributed by atoms with Gasteiger partial charge in [-0.05, 0) is 62.1 Å². The molecule has 0 unspecified atom stereocenters. The number of fused-ring (bicyclic) bond motifs is 1. The molecule has 9 nitrogen and oxygen atoms in total. The predicted octanol–water partition coefficient (Wildman–Crippen LogP) is 3.91. The van der Waals surface area contributed by atoms with Gasteiger partial charge in [-0.1, -0.05) is 17.4 Å². The van der Waals surface area contributed by atoms with Crippen molar-refractivity contribution in [2.45, 2.75) is 31.1 Å². The number of morpholine rings is 1. The van der Waals surface area contributed by atoms with Crippen LogP contribution in [0.4, 0.5) is 9.52 Å². The van der Waals surface area contributed by atoms with Gasteiger partial charge >= 0.3 is 0 Å². The average Bonchev–Trinajstić information content (AvgIpc) is 3.42. The van der Waals surface area contributed by atoms with Gasteiger partial charge in [-0.25, -0.2) is 17.8 Å². The van der Waals surface area contributed by atoms with Crippen LogP contribution in [0, 0.1) is 18.7 Å². The van der Waals surface area contributed by atoms with Crippen LogP contribution in [0.1, 0.15) is 24.8 Å². The maximum atomic E-state index is 14.0. The van der Waals surface area contributed by atoms with E-state index in [9.17, 15) is 17.6 Å². The van der Waals surface area contributed by atoms with E-state index in [1.165, 1.54) is 27.8 Å². The third kappa shape index (κ3) is 6.15. The van der Waals surface area contributed by atoms with Gasteiger partial charge in [-0.2, -0.15) is 4.31 Å². The normalized spacial score (nSPS) is 17.8. The molecule has 5 rings (SSSR count). The van der Waals surface area contributed by atoms with Gasteiger partial charge in [0.05, 0.1) is 29.9 Å². The molecule has 40 heavy (non-hydrogen) atoms. The van der Waals surface area contributed by atoms with Crippen LogP contribution >= 0.6 is 11.3 Å². The summed E-state index contributed by atoms with van der Waals surface area (Å²) < 4.78 is 52.9. The van der Waals surface area contributed by atoms with E-state index in [0.717, 1.165) is 67.2 Å². The molecule has 1 aromatic heterocycles. The van der Waals surface area contributed by atoms with E-state index in [1.54, 1.807) is 12.0 Å². The highest BCUT2D eigenvalue weighted by molar-refractivity contribution is 7.89. The minimum atomic E-state index is -3.75. The van der Waals surface area contributed by atoms with E-state index >= 15 is 0 Å². The number of sulfonamides is 1. The van der Waals surface area contributed by atoms with Crippen LogP contribution in [-0.2, 0) is 19.6 Å². The number of nitrogens with zero attached hydrogens (tertiary/aromatic N) is 4. The zero-order valence-electron chi connectivity index (χ0n) is 22.8. The van der Waals surface area contributed by atoms with Crippen LogP contribution in [0.15, 0.2) is 41.3 Å². The molecule has 0 bridgehead atoms. The van der Waals surface area contributed by atoms with Crippen molar-refractivity contribution in [3.8, 4) is 5.75 Å². The number of methoxy groups -OCH3 is 1. The summed E-state index contributed by atoms with van der Waals surface area (Å²) in [5.74, 6) is -0.169. The second kappa shape index (κ2) is 12.5. The first kappa shape index (κ1) is 28.9. The van der Waals surface area contributed by atoms with Crippen LogP contribution in [0.3, 0.4) is 0 Å². The number of hydrogen-bond donors (Lipinski definition) is 0.